The molecule has 1 saturated carbocycles. The number of hydrogen-bond donors (Lipinski definition) is 0. The minimum absolute atomic E-state index is 0.0880. The number of ether oxygens (including phenoxy) is 2. The molecule has 1 unspecified atom stereocenters. The summed E-state index contributed by atoms with van der Waals surface area (Å²) in [5.41, 5.74) is 1.34. The molecule has 0 aromatic heterocycles. The van der Waals surface area contributed by atoms with E-state index in [-0.39, 0.29) is 11.2 Å². The summed E-state index contributed by atoms with van der Waals surface area (Å²) < 4.78 is 12.6. The Morgan fingerprint density at radius 2 is 2.05 bits per heavy atom. The third kappa shape index (κ3) is 2.82. The Balaban J connectivity index is 1.94. The smallest absolute Gasteiger partial charge is 0.177 e. The van der Waals surface area contributed by atoms with Crippen LogP contribution in [0.3, 0.4) is 0 Å². The Morgan fingerprint density at radius 3 is 2.75 bits per heavy atom. The third-order valence-electron chi connectivity index (χ3n) is 5.38. The summed E-state index contributed by atoms with van der Waals surface area (Å²) >= 11 is 0. The van der Waals surface area contributed by atoms with Gasteiger partial charge in [0.1, 0.15) is 0 Å². The highest BCUT2D eigenvalue weighted by molar-refractivity contribution is 5.20. The van der Waals surface area contributed by atoms with Crippen LogP contribution in [0.1, 0.15) is 78.6 Å². The fourth-order valence-electron chi connectivity index (χ4n) is 4.17. The van der Waals surface area contributed by atoms with Gasteiger partial charge in [-0.15, -0.1) is 0 Å². The van der Waals surface area contributed by atoms with Crippen LogP contribution in [0, 0.1) is 5.41 Å². The van der Waals surface area contributed by atoms with Gasteiger partial charge in [0.15, 0.2) is 5.79 Å². The van der Waals surface area contributed by atoms with E-state index in [2.05, 4.69) is 27.4 Å². The maximum atomic E-state index is 6.48. The topological polar surface area (TPSA) is 18.5 Å². The van der Waals surface area contributed by atoms with E-state index in [9.17, 15) is 0 Å². The first kappa shape index (κ1) is 16.0. The van der Waals surface area contributed by atoms with Crippen LogP contribution < -0.4 is 0 Å². The van der Waals surface area contributed by atoms with Gasteiger partial charge in [-0.2, -0.15) is 0 Å². The second-order valence-electron chi connectivity index (χ2n) is 6.85. The molecule has 1 aliphatic heterocycles. The number of hydrogen-bond acceptors (Lipinski definition) is 2. The van der Waals surface area contributed by atoms with Crippen molar-refractivity contribution in [2.45, 2.75) is 90.4 Å². The number of fused-ring (bicyclic) bond motifs is 1. The molecule has 2 nitrogen and oxygen atoms in total. The fraction of sp³-hybridized carbons (Fsp3) is 0.889. The molecule has 2 heteroatoms. The molecule has 0 N–H and O–H groups in total. The molecule has 2 aliphatic rings. The van der Waals surface area contributed by atoms with Crippen molar-refractivity contribution in [3.63, 3.8) is 0 Å². The predicted octanol–water partition coefficient (Wildman–Crippen LogP) is 5.22. The molecule has 116 valence electrons. The van der Waals surface area contributed by atoms with Gasteiger partial charge in [0.25, 0.3) is 0 Å². The molecular formula is C18H32O2. The Labute approximate surface area is 124 Å². The summed E-state index contributed by atoms with van der Waals surface area (Å²) in [4.78, 5) is 0. The van der Waals surface area contributed by atoms with Gasteiger partial charge >= 0.3 is 0 Å². The Morgan fingerprint density at radius 1 is 1.25 bits per heavy atom. The monoisotopic (exact) mass is 280 g/mol. The maximum absolute atomic E-state index is 6.48. The molecule has 1 saturated heterocycles. The first-order valence-electron chi connectivity index (χ1n) is 8.54. The van der Waals surface area contributed by atoms with Gasteiger partial charge in [-0.3, -0.25) is 0 Å². The molecule has 0 amide bonds. The molecule has 0 aromatic rings. The van der Waals surface area contributed by atoms with E-state index in [0.717, 1.165) is 25.9 Å². The second-order valence-corrected chi connectivity index (χ2v) is 6.85. The van der Waals surface area contributed by atoms with E-state index in [1.54, 1.807) is 0 Å². The van der Waals surface area contributed by atoms with E-state index >= 15 is 0 Å². The van der Waals surface area contributed by atoms with Crippen molar-refractivity contribution in [2.75, 3.05) is 6.61 Å². The predicted molar refractivity (Wildman–Crippen MR) is 83.7 cm³/mol. The molecule has 1 aliphatic carbocycles. The summed E-state index contributed by atoms with van der Waals surface area (Å²) in [6.07, 6.45) is 11.2. The van der Waals surface area contributed by atoms with Crippen LogP contribution in [-0.4, -0.2) is 18.5 Å². The van der Waals surface area contributed by atoms with Gasteiger partial charge < -0.3 is 9.47 Å². The zero-order valence-corrected chi connectivity index (χ0v) is 13.7. The zero-order valence-electron chi connectivity index (χ0n) is 13.7. The molecular weight excluding hydrogens is 248 g/mol. The van der Waals surface area contributed by atoms with Crippen LogP contribution in [0.4, 0.5) is 0 Å². The van der Waals surface area contributed by atoms with Crippen molar-refractivity contribution in [2.24, 2.45) is 5.41 Å². The summed E-state index contributed by atoms with van der Waals surface area (Å²) in [7, 11) is 0. The second kappa shape index (κ2) is 6.62. The van der Waals surface area contributed by atoms with E-state index in [1.807, 2.05) is 0 Å². The minimum Gasteiger partial charge on any atom is -0.349 e. The normalized spacial score (nSPS) is 34.1. The van der Waals surface area contributed by atoms with Crippen molar-refractivity contribution in [1.82, 2.24) is 0 Å². The maximum Gasteiger partial charge on any atom is 0.177 e. The standard InChI is InChI=1S/C18H32O2/c1-5-6-7-8-10-16(4)20-18-12-9-11-17(18,15(2)3)13-14-19-18/h16H,2,5-14H2,1,3-4H3/t16?,17-,18+/m0/s1. The van der Waals surface area contributed by atoms with E-state index in [0.29, 0.717) is 6.10 Å². The number of unbranched alkanes of at least 4 members (excludes halogenated alkanes) is 3. The van der Waals surface area contributed by atoms with Crippen LogP contribution >= 0.6 is 0 Å². The van der Waals surface area contributed by atoms with Crippen molar-refractivity contribution >= 4 is 0 Å². The Bertz CT molecular complexity index is 324. The van der Waals surface area contributed by atoms with Gasteiger partial charge in [-0.05, 0) is 39.5 Å². The van der Waals surface area contributed by atoms with Crippen LogP contribution in [0.5, 0.6) is 0 Å². The summed E-state index contributed by atoms with van der Waals surface area (Å²) in [6, 6.07) is 0. The lowest BCUT2D eigenvalue weighted by Gasteiger charge is -2.41. The van der Waals surface area contributed by atoms with Crippen molar-refractivity contribution in [3.05, 3.63) is 12.2 Å². The molecule has 0 bridgehead atoms. The minimum atomic E-state index is -0.358. The highest BCUT2D eigenvalue weighted by Crippen LogP contribution is 2.59. The summed E-state index contributed by atoms with van der Waals surface area (Å²) in [5, 5.41) is 0. The summed E-state index contributed by atoms with van der Waals surface area (Å²) in [6.45, 7) is 11.7. The largest absolute Gasteiger partial charge is 0.349 e. The summed E-state index contributed by atoms with van der Waals surface area (Å²) in [5.74, 6) is -0.358. The van der Waals surface area contributed by atoms with E-state index < -0.39 is 0 Å². The van der Waals surface area contributed by atoms with E-state index in [1.165, 1.54) is 44.1 Å². The first-order valence-corrected chi connectivity index (χ1v) is 8.54. The van der Waals surface area contributed by atoms with Gasteiger partial charge in [-0.1, -0.05) is 44.8 Å². The average Bonchev–Trinajstić information content (AvgIpc) is 2.90. The SMILES string of the molecule is C=C(C)[C@@]12CCC[C@]1(OC(C)CCCCCC)OCC2. The highest BCUT2D eigenvalue weighted by Gasteiger charge is 2.61. The van der Waals surface area contributed by atoms with Crippen LogP contribution in [0.15, 0.2) is 12.2 Å². The molecule has 3 atom stereocenters. The van der Waals surface area contributed by atoms with Gasteiger partial charge in [0.05, 0.1) is 12.7 Å². The average molecular weight is 280 g/mol. The van der Waals surface area contributed by atoms with Crippen molar-refractivity contribution in [1.29, 1.82) is 0 Å². The van der Waals surface area contributed by atoms with Gasteiger partial charge in [0.2, 0.25) is 0 Å². The molecule has 1 heterocycles. The molecule has 2 fully saturated rings. The lowest BCUT2D eigenvalue weighted by molar-refractivity contribution is -0.260. The first-order chi connectivity index (χ1) is 9.56. The third-order valence-corrected chi connectivity index (χ3v) is 5.38. The van der Waals surface area contributed by atoms with Crippen molar-refractivity contribution < 1.29 is 9.47 Å². The molecule has 0 spiro atoms. The molecule has 20 heavy (non-hydrogen) atoms. The Hall–Kier alpha value is -0.340. The van der Waals surface area contributed by atoms with E-state index in [4.69, 9.17) is 9.47 Å². The lowest BCUT2D eigenvalue weighted by atomic mass is 9.75. The lowest BCUT2D eigenvalue weighted by Crippen LogP contribution is -2.45. The van der Waals surface area contributed by atoms with Crippen LogP contribution in [0.25, 0.3) is 0 Å². The fourth-order valence-corrected chi connectivity index (χ4v) is 4.17. The van der Waals surface area contributed by atoms with Gasteiger partial charge in [-0.25, -0.2) is 0 Å². The highest BCUT2D eigenvalue weighted by atomic mass is 16.7. The zero-order chi connectivity index (χ0) is 14.6. The van der Waals surface area contributed by atoms with Gasteiger partial charge in [0, 0.05) is 11.8 Å². The number of rotatable bonds is 8. The molecule has 0 radical (unpaired) electrons. The van der Waals surface area contributed by atoms with Crippen LogP contribution in [-0.2, 0) is 9.47 Å². The Kier molecular flexibility index (Phi) is 5.30. The quantitative estimate of drug-likeness (QED) is 0.448. The molecule has 0 aromatic carbocycles. The molecule has 2 rings (SSSR count). The van der Waals surface area contributed by atoms with Crippen molar-refractivity contribution in [3.8, 4) is 0 Å². The van der Waals surface area contributed by atoms with Crippen LogP contribution in [0.2, 0.25) is 0 Å².